The Kier molecular flexibility index (Phi) is 35.0. The number of unbranched alkanes of at least 4 members (excludes halogenated alkanes) is 16. The van der Waals surface area contributed by atoms with Crippen molar-refractivity contribution in [2.24, 2.45) is 17.3 Å². The van der Waals surface area contributed by atoms with E-state index in [4.69, 9.17) is 9.47 Å². The van der Waals surface area contributed by atoms with Crippen molar-refractivity contribution in [1.82, 2.24) is 10.2 Å². The molecule has 1 atom stereocenters. The van der Waals surface area contributed by atoms with E-state index in [0.29, 0.717) is 44.3 Å². The molecule has 0 aromatic carbocycles. The van der Waals surface area contributed by atoms with Gasteiger partial charge in [0.2, 0.25) is 5.91 Å². The van der Waals surface area contributed by atoms with Crippen LogP contribution in [0, 0.1) is 17.3 Å². The first-order valence-corrected chi connectivity index (χ1v) is 22.5. The number of carbonyl (C=O) groups excluding carboxylic acids is 3. The van der Waals surface area contributed by atoms with Crippen molar-refractivity contribution in [3.63, 3.8) is 0 Å². The molecule has 1 amide bonds. The number of nitrogens with one attached hydrogen (secondary N) is 1. The Labute approximate surface area is 334 Å². The summed E-state index contributed by atoms with van der Waals surface area (Å²) in [7, 11) is 4.22. The van der Waals surface area contributed by atoms with Crippen LogP contribution in [0.25, 0.3) is 0 Å². The molecule has 0 saturated carbocycles. The third kappa shape index (κ3) is 36.8. The minimum Gasteiger partial charge on any atom is -0.461 e. The SMILES string of the molecule is CCCCCC/C=C\COC(=O)CCCCCCCC(CCCCCCCC(=O)OC/C=C\CCCCCC)CNC(=O)CC(C)(C)CC(C)CN(C)C. The summed E-state index contributed by atoms with van der Waals surface area (Å²) >= 11 is 0. The summed E-state index contributed by atoms with van der Waals surface area (Å²) in [6.07, 6.45) is 36.0. The van der Waals surface area contributed by atoms with E-state index in [1.165, 1.54) is 51.4 Å². The van der Waals surface area contributed by atoms with Crippen LogP contribution in [0.5, 0.6) is 0 Å². The first-order chi connectivity index (χ1) is 26.0. The van der Waals surface area contributed by atoms with Gasteiger partial charge in [-0.15, -0.1) is 0 Å². The number of rotatable bonds is 38. The summed E-state index contributed by atoms with van der Waals surface area (Å²) in [6.45, 7) is 13.7. The Hall–Kier alpha value is -2.15. The van der Waals surface area contributed by atoms with Crippen LogP contribution < -0.4 is 5.32 Å². The standard InChI is InChI=1S/C47H88N2O5/c1-8-10-12-14-16-24-30-36-53-45(51)34-28-22-18-20-26-32-43(40-48-44(50)39-47(4,5)38-42(3)41-49(6)7)33-27-21-19-23-29-35-46(52)54-37-31-25-17-15-13-11-9-2/h24-25,30-31,42-43H,8-23,26-29,32-41H2,1-7H3,(H,48,50)/b30-24-,31-25-. The van der Waals surface area contributed by atoms with Crippen LogP contribution in [0.4, 0.5) is 0 Å². The molecule has 0 radical (unpaired) electrons. The van der Waals surface area contributed by atoms with Gasteiger partial charge < -0.3 is 19.7 Å². The number of esters is 2. The lowest BCUT2D eigenvalue weighted by Crippen LogP contribution is -2.34. The highest BCUT2D eigenvalue weighted by molar-refractivity contribution is 5.76. The largest absolute Gasteiger partial charge is 0.461 e. The van der Waals surface area contributed by atoms with Crippen LogP contribution in [-0.4, -0.2) is 63.1 Å². The average Bonchev–Trinajstić information content (AvgIpc) is 3.10. The molecular weight excluding hydrogens is 673 g/mol. The van der Waals surface area contributed by atoms with Gasteiger partial charge in [-0.05, 0) is 89.1 Å². The van der Waals surface area contributed by atoms with E-state index < -0.39 is 0 Å². The second-order valence-electron chi connectivity index (χ2n) is 17.2. The highest BCUT2D eigenvalue weighted by Gasteiger charge is 2.25. The Morgan fingerprint density at radius 2 is 1.07 bits per heavy atom. The Morgan fingerprint density at radius 1 is 0.630 bits per heavy atom. The van der Waals surface area contributed by atoms with Gasteiger partial charge in [0, 0.05) is 32.4 Å². The molecule has 54 heavy (non-hydrogen) atoms. The molecule has 0 aliphatic heterocycles. The maximum absolute atomic E-state index is 13.1. The van der Waals surface area contributed by atoms with E-state index >= 15 is 0 Å². The highest BCUT2D eigenvalue weighted by atomic mass is 16.5. The van der Waals surface area contributed by atoms with Gasteiger partial charge in [-0.25, -0.2) is 0 Å². The molecule has 0 aliphatic carbocycles. The Bertz CT molecular complexity index is 908. The van der Waals surface area contributed by atoms with E-state index in [1.54, 1.807) is 0 Å². The summed E-state index contributed by atoms with van der Waals surface area (Å²) in [4.78, 5) is 39.5. The molecule has 0 aliphatic rings. The van der Waals surface area contributed by atoms with Gasteiger partial charge in [-0.3, -0.25) is 14.4 Å². The second kappa shape index (κ2) is 36.5. The van der Waals surface area contributed by atoms with E-state index in [2.05, 4.69) is 71.1 Å². The van der Waals surface area contributed by atoms with E-state index in [-0.39, 0.29) is 23.3 Å². The summed E-state index contributed by atoms with van der Waals surface area (Å²) in [5.41, 5.74) is -0.0248. The molecular formula is C47H88N2O5. The first kappa shape index (κ1) is 51.9. The fraction of sp³-hybridized carbons (Fsp3) is 0.851. The molecule has 316 valence electrons. The number of carbonyl (C=O) groups is 3. The number of ether oxygens (including phenoxy) is 2. The average molecular weight is 761 g/mol. The predicted octanol–water partition coefficient (Wildman–Crippen LogP) is 12.3. The third-order valence-corrected chi connectivity index (χ3v) is 10.3. The highest BCUT2D eigenvalue weighted by Crippen LogP contribution is 2.29. The maximum Gasteiger partial charge on any atom is 0.306 e. The van der Waals surface area contributed by atoms with Crippen LogP contribution in [0.1, 0.15) is 202 Å². The molecule has 0 heterocycles. The maximum atomic E-state index is 13.1. The molecule has 1 N–H and O–H groups in total. The molecule has 0 rings (SSSR count). The number of nitrogens with zero attached hydrogens (tertiary/aromatic N) is 1. The lowest BCUT2D eigenvalue weighted by molar-refractivity contribution is -0.143. The van der Waals surface area contributed by atoms with Gasteiger partial charge in [-0.1, -0.05) is 149 Å². The Balaban J connectivity index is 4.47. The van der Waals surface area contributed by atoms with Crippen LogP contribution in [0.15, 0.2) is 24.3 Å². The predicted molar refractivity (Wildman–Crippen MR) is 230 cm³/mol. The lowest BCUT2D eigenvalue weighted by Gasteiger charge is -2.29. The van der Waals surface area contributed by atoms with E-state index in [9.17, 15) is 14.4 Å². The van der Waals surface area contributed by atoms with Crippen molar-refractivity contribution in [2.75, 3.05) is 40.4 Å². The normalized spacial score (nSPS) is 12.7. The zero-order valence-electron chi connectivity index (χ0n) is 36.7. The van der Waals surface area contributed by atoms with Gasteiger partial charge in [0.25, 0.3) is 0 Å². The van der Waals surface area contributed by atoms with Crippen molar-refractivity contribution < 1.29 is 23.9 Å². The summed E-state index contributed by atoms with van der Waals surface area (Å²) in [5, 5.41) is 3.31. The van der Waals surface area contributed by atoms with E-state index in [0.717, 1.165) is 109 Å². The topological polar surface area (TPSA) is 84.9 Å². The summed E-state index contributed by atoms with van der Waals surface area (Å²) < 4.78 is 10.7. The van der Waals surface area contributed by atoms with Gasteiger partial charge in [-0.2, -0.15) is 0 Å². The fourth-order valence-corrected chi connectivity index (χ4v) is 7.45. The minimum atomic E-state index is -0.0899. The quantitative estimate of drug-likeness (QED) is 0.0383. The van der Waals surface area contributed by atoms with Crippen molar-refractivity contribution in [2.45, 2.75) is 202 Å². The van der Waals surface area contributed by atoms with Crippen LogP contribution >= 0.6 is 0 Å². The van der Waals surface area contributed by atoms with Crippen molar-refractivity contribution in [3.05, 3.63) is 24.3 Å². The molecule has 1 unspecified atom stereocenters. The fourth-order valence-electron chi connectivity index (χ4n) is 7.45. The smallest absolute Gasteiger partial charge is 0.306 e. The summed E-state index contributed by atoms with van der Waals surface area (Å²) in [6, 6.07) is 0. The van der Waals surface area contributed by atoms with Gasteiger partial charge >= 0.3 is 11.9 Å². The lowest BCUT2D eigenvalue weighted by atomic mass is 9.80. The van der Waals surface area contributed by atoms with Crippen LogP contribution in [-0.2, 0) is 23.9 Å². The van der Waals surface area contributed by atoms with Crippen molar-refractivity contribution in [3.8, 4) is 0 Å². The number of allylic oxidation sites excluding steroid dienone is 2. The second-order valence-corrected chi connectivity index (χ2v) is 17.2. The Morgan fingerprint density at radius 3 is 1.54 bits per heavy atom. The monoisotopic (exact) mass is 761 g/mol. The number of hydrogen-bond acceptors (Lipinski definition) is 6. The zero-order chi connectivity index (χ0) is 40.1. The van der Waals surface area contributed by atoms with E-state index in [1.807, 2.05) is 12.2 Å². The molecule has 0 aromatic rings. The third-order valence-electron chi connectivity index (χ3n) is 10.3. The van der Waals surface area contributed by atoms with Crippen molar-refractivity contribution >= 4 is 17.8 Å². The summed E-state index contributed by atoms with van der Waals surface area (Å²) in [5.74, 6) is 1.02. The molecule has 7 heteroatoms. The first-order valence-electron chi connectivity index (χ1n) is 22.5. The zero-order valence-corrected chi connectivity index (χ0v) is 36.7. The van der Waals surface area contributed by atoms with Crippen LogP contribution in [0.3, 0.4) is 0 Å². The molecule has 0 saturated heterocycles. The van der Waals surface area contributed by atoms with Gasteiger partial charge in [0.1, 0.15) is 13.2 Å². The molecule has 0 spiro atoms. The van der Waals surface area contributed by atoms with Crippen LogP contribution in [0.2, 0.25) is 0 Å². The molecule has 0 fully saturated rings. The number of amides is 1. The minimum absolute atomic E-state index is 0.0248. The van der Waals surface area contributed by atoms with Gasteiger partial charge in [0.15, 0.2) is 0 Å². The number of hydrogen-bond donors (Lipinski definition) is 1. The molecule has 7 nitrogen and oxygen atoms in total. The van der Waals surface area contributed by atoms with Crippen molar-refractivity contribution in [1.29, 1.82) is 0 Å². The van der Waals surface area contributed by atoms with Gasteiger partial charge in [0.05, 0.1) is 0 Å². The molecule has 0 bridgehead atoms. The molecule has 0 aromatic heterocycles.